The SMILES string of the molecule is Cc1ccc(C(=O)NCCNC(=O)/C=C/c2cn(-c3ccccc3)nc2-c2cccnc2)cc1F. The van der Waals surface area contributed by atoms with Crippen LogP contribution in [0.15, 0.2) is 85.3 Å². The Kier molecular flexibility index (Phi) is 7.42. The zero-order chi connectivity index (χ0) is 24.6. The maximum absolute atomic E-state index is 13.6. The van der Waals surface area contributed by atoms with E-state index in [4.69, 9.17) is 0 Å². The minimum Gasteiger partial charge on any atom is -0.351 e. The Balaban J connectivity index is 1.38. The molecule has 2 aromatic heterocycles. The molecular formula is C27H24FN5O2. The molecule has 0 aliphatic heterocycles. The molecule has 0 saturated heterocycles. The smallest absolute Gasteiger partial charge is 0.251 e. The van der Waals surface area contributed by atoms with Crippen molar-refractivity contribution in [2.45, 2.75) is 6.92 Å². The van der Waals surface area contributed by atoms with Gasteiger partial charge in [0, 0.05) is 54.4 Å². The van der Waals surface area contributed by atoms with Crippen LogP contribution in [-0.2, 0) is 4.79 Å². The van der Waals surface area contributed by atoms with E-state index in [9.17, 15) is 14.0 Å². The summed E-state index contributed by atoms with van der Waals surface area (Å²) < 4.78 is 15.4. The molecule has 2 N–H and O–H groups in total. The number of para-hydroxylation sites is 1. The molecule has 0 atom stereocenters. The number of hydrogen-bond donors (Lipinski definition) is 2. The Hall–Kier alpha value is -4.59. The monoisotopic (exact) mass is 469 g/mol. The summed E-state index contributed by atoms with van der Waals surface area (Å²) in [4.78, 5) is 28.6. The van der Waals surface area contributed by atoms with Crippen LogP contribution in [0.4, 0.5) is 4.39 Å². The molecule has 0 aliphatic carbocycles. The summed E-state index contributed by atoms with van der Waals surface area (Å²) >= 11 is 0. The van der Waals surface area contributed by atoms with Gasteiger partial charge in [-0.15, -0.1) is 0 Å². The van der Waals surface area contributed by atoms with Gasteiger partial charge in [-0.25, -0.2) is 9.07 Å². The zero-order valence-electron chi connectivity index (χ0n) is 19.1. The average Bonchev–Trinajstić information content (AvgIpc) is 3.32. The fraction of sp³-hybridized carbons (Fsp3) is 0.111. The highest BCUT2D eigenvalue weighted by Crippen LogP contribution is 2.24. The number of rotatable bonds is 8. The van der Waals surface area contributed by atoms with Crippen LogP contribution < -0.4 is 10.6 Å². The Labute approximate surface area is 202 Å². The highest BCUT2D eigenvalue weighted by atomic mass is 19.1. The van der Waals surface area contributed by atoms with Gasteiger partial charge in [0.05, 0.1) is 5.69 Å². The number of amides is 2. The molecule has 2 heterocycles. The molecule has 0 spiro atoms. The Morgan fingerprint density at radius 1 is 1.03 bits per heavy atom. The van der Waals surface area contributed by atoms with Gasteiger partial charge in [0.2, 0.25) is 5.91 Å². The number of nitrogens with zero attached hydrogens (tertiary/aromatic N) is 3. The maximum Gasteiger partial charge on any atom is 0.251 e. The third-order valence-electron chi connectivity index (χ3n) is 5.26. The molecule has 0 bridgehead atoms. The van der Waals surface area contributed by atoms with E-state index in [2.05, 4.69) is 20.7 Å². The van der Waals surface area contributed by atoms with Gasteiger partial charge in [-0.1, -0.05) is 24.3 Å². The lowest BCUT2D eigenvalue weighted by molar-refractivity contribution is -0.116. The van der Waals surface area contributed by atoms with E-state index in [0.29, 0.717) is 11.3 Å². The van der Waals surface area contributed by atoms with E-state index >= 15 is 0 Å². The average molecular weight is 470 g/mol. The van der Waals surface area contributed by atoms with Gasteiger partial charge < -0.3 is 10.6 Å². The fourth-order valence-electron chi connectivity index (χ4n) is 3.37. The summed E-state index contributed by atoms with van der Waals surface area (Å²) in [5.41, 5.74) is 3.89. The number of nitrogens with one attached hydrogen (secondary N) is 2. The van der Waals surface area contributed by atoms with Crippen LogP contribution in [0.2, 0.25) is 0 Å². The Morgan fingerprint density at radius 3 is 2.57 bits per heavy atom. The molecule has 0 aliphatic rings. The molecule has 35 heavy (non-hydrogen) atoms. The first-order valence-corrected chi connectivity index (χ1v) is 11.1. The van der Waals surface area contributed by atoms with Gasteiger partial charge in [-0.2, -0.15) is 5.10 Å². The molecule has 2 amide bonds. The summed E-state index contributed by atoms with van der Waals surface area (Å²) in [5, 5.41) is 10.1. The number of hydrogen-bond acceptors (Lipinski definition) is 4. The molecule has 2 aromatic carbocycles. The van der Waals surface area contributed by atoms with E-state index in [1.807, 2.05) is 48.7 Å². The van der Waals surface area contributed by atoms with Crippen molar-refractivity contribution >= 4 is 17.9 Å². The normalized spacial score (nSPS) is 10.9. The first-order valence-electron chi connectivity index (χ1n) is 11.1. The van der Waals surface area contributed by atoms with Crippen molar-refractivity contribution < 1.29 is 14.0 Å². The van der Waals surface area contributed by atoms with Crippen molar-refractivity contribution in [2.75, 3.05) is 13.1 Å². The number of halogens is 1. The number of aryl methyl sites for hydroxylation is 1. The first-order chi connectivity index (χ1) is 17.0. The Morgan fingerprint density at radius 2 is 1.83 bits per heavy atom. The summed E-state index contributed by atoms with van der Waals surface area (Å²) in [6, 6.07) is 17.7. The molecule has 0 unspecified atom stereocenters. The lowest BCUT2D eigenvalue weighted by Gasteiger charge is -2.06. The van der Waals surface area contributed by atoms with Crippen LogP contribution in [0.5, 0.6) is 0 Å². The minimum absolute atomic E-state index is 0.209. The number of carbonyl (C=O) groups is 2. The van der Waals surface area contributed by atoms with Crippen LogP contribution in [0, 0.1) is 12.7 Å². The van der Waals surface area contributed by atoms with E-state index in [-0.39, 0.29) is 24.6 Å². The predicted molar refractivity (Wildman–Crippen MR) is 132 cm³/mol. The summed E-state index contributed by atoms with van der Waals surface area (Å²) in [6.45, 7) is 2.06. The van der Waals surface area contributed by atoms with Crippen molar-refractivity contribution in [3.05, 3.63) is 108 Å². The predicted octanol–water partition coefficient (Wildman–Crippen LogP) is 3.94. The molecule has 0 saturated carbocycles. The van der Waals surface area contributed by atoms with Crippen molar-refractivity contribution in [2.24, 2.45) is 0 Å². The number of benzene rings is 2. The van der Waals surface area contributed by atoms with Crippen LogP contribution >= 0.6 is 0 Å². The molecule has 8 heteroatoms. The summed E-state index contributed by atoms with van der Waals surface area (Å²) in [5.74, 6) is -1.15. The molecule has 7 nitrogen and oxygen atoms in total. The highest BCUT2D eigenvalue weighted by Gasteiger charge is 2.11. The molecule has 4 aromatic rings. The van der Waals surface area contributed by atoms with Gasteiger partial charge in [0.15, 0.2) is 0 Å². The van der Waals surface area contributed by atoms with Crippen molar-refractivity contribution in [3.63, 3.8) is 0 Å². The second-order valence-electron chi connectivity index (χ2n) is 7.80. The van der Waals surface area contributed by atoms with Gasteiger partial charge in [0.25, 0.3) is 5.91 Å². The van der Waals surface area contributed by atoms with E-state index in [1.165, 1.54) is 12.1 Å². The second kappa shape index (κ2) is 11.0. The van der Waals surface area contributed by atoms with E-state index < -0.39 is 11.7 Å². The van der Waals surface area contributed by atoms with Crippen LogP contribution in [0.3, 0.4) is 0 Å². The molecule has 4 rings (SSSR count). The van der Waals surface area contributed by atoms with E-state index in [1.54, 1.807) is 42.2 Å². The van der Waals surface area contributed by atoms with Crippen molar-refractivity contribution in [3.8, 4) is 16.9 Å². The largest absolute Gasteiger partial charge is 0.351 e. The van der Waals surface area contributed by atoms with Crippen LogP contribution in [0.25, 0.3) is 23.0 Å². The second-order valence-corrected chi connectivity index (χ2v) is 7.80. The molecule has 0 radical (unpaired) electrons. The third-order valence-corrected chi connectivity index (χ3v) is 5.26. The quantitative estimate of drug-likeness (QED) is 0.302. The lowest BCUT2D eigenvalue weighted by Crippen LogP contribution is -2.34. The summed E-state index contributed by atoms with van der Waals surface area (Å²) in [7, 11) is 0. The standard InChI is InChI=1S/C27H24FN5O2/c1-19-9-10-20(16-24(19)28)27(35)31-15-14-30-25(34)12-11-22-18-33(23-7-3-2-4-8-23)32-26(22)21-6-5-13-29-17-21/h2-13,16-18H,14-15H2,1H3,(H,30,34)(H,31,35)/b12-11+. The van der Waals surface area contributed by atoms with Crippen LogP contribution in [-0.4, -0.2) is 39.7 Å². The van der Waals surface area contributed by atoms with E-state index in [0.717, 1.165) is 16.8 Å². The van der Waals surface area contributed by atoms with Crippen molar-refractivity contribution in [1.29, 1.82) is 0 Å². The molecular weight excluding hydrogens is 445 g/mol. The Bertz CT molecular complexity index is 1350. The molecule has 176 valence electrons. The van der Waals surface area contributed by atoms with Gasteiger partial charge in [-0.05, 0) is 55.0 Å². The number of carbonyl (C=O) groups excluding carboxylic acids is 2. The van der Waals surface area contributed by atoms with Gasteiger partial charge in [0.1, 0.15) is 11.5 Å². The van der Waals surface area contributed by atoms with Crippen LogP contribution in [0.1, 0.15) is 21.5 Å². The topological polar surface area (TPSA) is 88.9 Å². The highest BCUT2D eigenvalue weighted by molar-refractivity contribution is 5.94. The number of pyridine rings is 1. The van der Waals surface area contributed by atoms with Gasteiger partial charge in [-0.3, -0.25) is 14.6 Å². The lowest BCUT2D eigenvalue weighted by atomic mass is 10.1. The van der Waals surface area contributed by atoms with Crippen molar-refractivity contribution in [1.82, 2.24) is 25.4 Å². The van der Waals surface area contributed by atoms with Gasteiger partial charge >= 0.3 is 0 Å². The fourth-order valence-corrected chi connectivity index (χ4v) is 3.37. The molecule has 0 fully saturated rings. The third kappa shape index (κ3) is 6.05. The minimum atomic E-state index is -0.433. The zero-order valence-corrected chi connectivity index (χ0v) is 19.1. The first kappa shape index (κ1) is 23.6. The maximum atomic E-state index is 13.6. The summed E-state index contributed by atoms with van der Waals surface area (Å²) in [6.07, 6.45) is 8.37. The number of aromatic nitrogens is 3.